The summed E-state index contributed by atoms with van der Waals surface area (Å²) in [5.41, 5.74) is 1.07. The molecule has 3 heterocycles. The van der Waals surface area contributed by atoms with E-state index in [4.69, 9.17) is 0 Å². The zero-order valence-electron chi connectivity index (χ0n) is 12.6. The average molecular weight is 320 g/mol. The molecule has 0 bridgehead atoms. The molecule has 3 rings (SSSR count). The summed E-state index contributed by atoms with van der Waals surface area (Å²) in [7, 11) is 0. The second-order valence-corrected chi connectivity index (χ2v) is 6.32. The van der Waals surface area contributed by atoms with Crippen LogP contribution < -0.4 is 11.0 Å². The van der Waals surface area contributed by atoms with Crippen molar-refractivity contribution in [3.8, 4) is 0 Å². The highest BCUT2D eigenvalue weighted by atomic mass is 32.1. The number of fused-ring (bicyclic) bond motifs is 1. The second kappa shape index (κ2) is 6.48. The number of aromatic nitrogens is 3. The first-order valence-electron chi connectivity index (χ1n) is 7.64. The average Bonchev–Trinajstić information content (AvgIpc) is 3.08. The molecule has 118 valence electrons. The smallest absolute Gasteiger partial charge is 0.345 e. The quantitative estimate of drug-likeness (QED) is 0.926. The van der Waals surface area contributed by atoms with Gasteiger partial charge in [-0.05, 0) is 42.2 Å². The predicted octanol–water partition coefficient (Wildman–Crippen LogP) is 1.40. The largest absolute Gasteiger partial charge is 0.352 e. The summed E-state index contributed by atoms with van der Waals surface area (Å²) in [5.74, 6) is 0.836. The van der Waals surface area contributed by atoms with Crippen LogP contribution in [0.25, 0.3) is 0 Å². The molecular weight excluding hydrogens is 300 g/mol. The lowest BCUT2D eigenvalue weighted by Crippen LogP contribution is -2.31. The Labute approximate surface area is 132 Å². The Kier molecular flexibility index (Phi) is 4.42. The Morgan fingerprint density at radius 1 is 1.50 bits per heavy atom. The van der Waals surface area contributed by atoms with Crippen LogP contribution >= 0.6 is 11.3 Å². The van der Waals surface area contributed by atoms with Crippen molar-refractivity contribution in [2.45, 2.75) is 45.8 Å². The van der Waals surface area contributed by atoms with Gasteiger partial charge in [-0.15, -0.1) is 0 Å². The lowest BCUT2D eigenvalue weighted by atomic mass is 9.99. The van der Waals surface area contributed by atoms with Crippen LogP contribution in [0.1, 0.15) is 31.2 Å². The zero-order chi connectivity index (χ0) is 15.5. The van der Waals surface area contributed by atoms with Crippen LogP contribution in [0.5, 0.6) is 0 Å². The number of aryl methyl sites for hydroxylation is 2. The van der Waals surface area contributed by atoms with Gasteiger partial charge in [-0.1, -0.05) is 0 Å². The highest BCUT2D eigenvalue weighted by Crippen LogP contribution is 2.18. The third-order valence-electron chi connectivity index (χ3n) is 4.13. The SMILES string of the molecule is CCn1nc2n(c1=O)CCC(C(=O)NCc1ccsc1)CC2. The van der Waals surface area contributed by atoms with Crippen molar-refractivity contribution in [2.75, 3.05) is 0 Å². The van der Waals surface area contributed by atoms with Crippen LogP contribution in [0.4, 0.5) is 0 Å². The molecule has 0 aromatic carbocycles. The first kappa shape index (κ1) is 15.0. The van der Waals surface area contributed by atoms with E-state index in [0.717, 1.165) is 17.8 Å². The number of carbonyl (C=O) groups is 1. The first-order chi connectivity index (χ1) is 10.7. The maximum atomic E-state index is 12.3. The number of carbonyl (C=O) groups excluding carboxylic acids is 1. The van der Waals surface area contributed by atoms with Crippen LogP contribution in [0, 0.1) is 5.92 Å². The summed E-state index contributed by atoms with van der Waals surface area (Å²) >= 11 is 1.63. The van der Waals surface area contributed by atoms with Crippen molar-refractivity contribution in [1.82, 2.24) is 19.7 Å². The molecule has 2 aromatic heterocycles. The van der Waals surface area contributed by atoms with Crippen LogP contribution in [-0.2, 0) is 30.8 Å². The third kappa shape index (κ3) is 2.99. The lowest BCUT2D eigenvalue weighted by molar-refractivity contribution is -0.125. The number of amides is 1. The van der Waals surface area contributed by atoms with Crippen molar-refractivity contribution in [2.24, 2.45) is 5.92 Å². The van der Waals surface area contributed by atoms with Gasteiger partial charge in [0.25, 0.3) is 0 Å². The monoisotopic (exact) mass is 320 g/mol. The Morgan fingerprint density at radius 2 is 2.36 bits per heavy atom. The molecule has 0 radical (unpaired) electrons. The minimum Gasteiger partial charge on any atom is -0.352 e. The van der Waals surface area contributed by atoms with E-state index >= 15 is 0 Å². The summed E-state index contributed by atoms with van der Waals surface area (Å²) in [6, 6.07) is 2.01. The fraction of sp³-hybridized carbons (Fsp3) is 0.533. The van der Waals surface area contributed by atoms with Crippen LogP contribution in [0.15, 0.2) is 21.6 Å². The van der Waals surface area contributed by atoms with E-state index < -0.39 is 0 Å². The van der Waals surface area contributed by atoms with E-state index in [9.17, 15) is 9.59 Å². The van der Waals surface area contributed by atoms with Gasteiger partial charge in [-0.3, -0.25) is 9.36 Å². The standard InChI is InChI=1S/C15H20N4O2S/c1-2-19-15(21)18-7-5-12(3-4-13(18)17-19)14(20)16-9-11-6-8-22-10-11/h6,8,10,12H,2-5,7,9H2,1H3,(H,16,20). The highest BCUT2D eigenvalue weighted by Gasteiger charge is 2.24. The molecule has 0 saturated carbocycles. The van der Waals surface area contributed by atoms with Crippen molar-refractivity contribution < 1.29 is 4.79 Å². The fourth-order valence-corrected chi connectivity index (χ4v) is 3.49. The molecule has 1 amide bonds. The molecule has 22 heavy (non-hydrogen) atoms. The number of nitrogens with one attached hydrogen (secondary N) is 1. The van der Waals surface area contributed by atoms with E-state index in [2.05, 4.69) is 10.4 Å². The first-order valence-corrected chi connectivity index (χ1v) is 8.58. The molecule has 1 unspecified atom stereocenters. The van der Waals surface area contributed by atoms with Crippen molar-refractivity contribution in [3.63, 3.8) is 0 Å². The van der Waals surface area contributed by atoms with E-state index in [1.54, 1.807) is 15.9 Å². The van der Waals surface area contributed by atoms with Gasteiger partial charge in [0.1, 0.15) is 5.82 Å². The normalized spacial score (nSPS) is 17.8. The van der Waals surface area contributed by atoms with E-state index in [1.807, 2.05) is 23.8 Å². The van der Waals surface area contributed by atoms with E-state index in [1.165, 1.54) is 4.68 Å². The van der Waals surface area contributed by atoms with Gasteiger partial charge in [0.15, 0.2) is 0 Å². The highest BCUT2D eigenvalue weighted by molar-refractivity contribution is 7.07. The predicted molar refractivity (Wildman–Crippen MR) is 84.8 cm³/mol. The van der Waals surface area contributed by atoms with Crippen molar-refractivity contribution >= 4 is 17.2 Å². The fourth-order valence-electron chi connectivity index (χ4n) is 2.82. The Balaban J connectivity index is 1.61. The Hall–Kier alpha value is -1.89. The third-order valence-corrected chi connectivity index (χ3v) is 4.87. The number of rotatable bonds is 4. The van der Waals surface area contributed by atoms with Gasteiger partial charge in [0.2, 0.25) is 5.91 Å². The summed E-state index contributed by atoms with van der Waals surface area (Å²) in [6.45, 7) is 3.65. The van der Waals surface area contributed by atoms with Gasteiger partial charge in [0.05, 0.1) is 0 Å². The van der Waals surface area contributed by atoms with Gasteiger partial charge in [-0.25, -0.2) is 9.48 Å². The summed E-state index contributed by atoms with van der Waals surface area (Å²) in [5, 5.41) is 11.4. The van der Waals surface area contributed by atoms with Gasteiger partial charge < -0.3 is 5.32 Å². The molecular formula is C15H20N4O2S. The molecule has 1 atom stereocenters. The molecule has 0 fully saturated rings. The van der Waals surface area contributed by atoms with Crippen LogP contribution in [-0.4, -0.2) is 20.3 Å². The minimum atomic E-state index is -0.0585. The Bertz CT molecular complexity index is 702. The van der Waals surface area contributed by atoms with E-state index in [0.29, 0.717) is 32.5 Å². The summed E-state index contributed by atoms with van der Waals surface area (Å²) in [4.78, 5) is 24.4. The molecule has 1 aliphatic heterocycles. The zero-order valence-corrected chi connectivity index (χ0v) is 13.4. The molecule has 1 N–H and O–H groups in total. The van der Waals surface area contributed by atoms with Crippen LogP contribution in [0.2, 0.25) is 0 Å². The number of nitrogens with zero attached hydrogens (tertiary/aromatic N) is 3. The topological polar surface area (TPSA) is 68.9 Å². The number of thiophene rings is 1. The van der Waals surface area contributed by atoms with Crippen LogP contribution in [0.3, 0.4) is 0 Å². The van der Waals surface area contributed by atoms with E-state index in [-0.39, 0.29) is 17.5 Å². The summed E-state index contributed by atoms with van der Waals surface area (Å²) < 4.78 is 3.21. The molecule has 0 saturated heterocycles. The molecule has 6 nitrogen and oxygen atoms in total. The number of hydrogen-bond acceptors (Lipinski definition) is 4. The molecule has 0 aliphatic carbocycles. The summed E-state index contributed by atoms with van der Waals surface area (Å²) in [6.07, 6.45) is 2.12. The molecule has 2 aromatic rings. The maximum Gasteiger partial charge on any atom is 0.345 e. The van der Waals surface area contributed by atoms with Crippen molar-refractivity contribution in [3.05, 3.63) is 38.7 Å². The lowest BCUT2D eigenvalue weighted by Gasteiger charge is -2.13. The van der Waals surface area contributed by atoms with Gasteiger partial charge in [0, 0.05) is 32.0 Å². The molecule has 0 spiro atoms. The van der Waals surface area contributed by atoms with Gasteiger partial charge in [-0.2, -0.15) is 16.4 Å². The molecule has 1 aliphatic rings. The molecule has 7 heteroatoms. The Morgan fingerprint density at radius 3 is 3.09 bits per heavy atom. The maximum absolute atomic E-state index is 12.3. The van der Waals surface area contributed by atoms with Crippen molar-refractivity contribution in [1.29, 1.82) is 0 Å². The minimum absolute atomic E-state index is 0.0465. The number of hydrogen-bond donors (Lipinski definition) is 1. The van der Waals surface area contributed by atoms with Gasteiger partial charge >= 0.3 is 5.69 Å². The second-order valence-electron chi connectivity index (χ2n) is 5.54.